The van der Waals surface area contributed by atoms with Crippen molar-refractivity contribution in [3.05, 3.63) is 34.1 Å². The van der Waals surface area contributed by atoms with Gasteiger partial charge in [0.05, 0.1) is 4.47 Å². The van der Waals surface area contributed by atoms with Crippen molar-refractivity contribution in [3.63, 3.8) is 0 Å². The second-order valence-electron chi connectivity index (χ2n) is 4.43. The molecule has 1 fully saturated rings. The lowest BCUT2D eigenvalue weighted by Gasteiger charge is -2.34. The highest BCUT2D eigenvalue weighted by atomic mass is 79.9. The third-order valence-corrected chi connectivity index (χ3v) is 4.59. The van der Waals surface area contributed by atoms with Crippen LogP contribution >= 0.6 is 31.9 Å². The van der Waals surface area contributed by atoms with Gasteiger partial charge in [-0.05, 0) is 53.4 Å². The maximum absolute atomic E-state index is 13.2. The number of nitrogens with zero attached hydrogens (tertiary/aromatic N) is 1. The molecule has 0 aliphatic carbocycles. The minimum absolute atomic E-state index is 0.0140. The quantitative estimate of drug-likeness (QED) is 0.713. The number of piperidine rings is 1. The van der Waals surface area contributed by atoms with Gasteiger partial charge in [0.25, 0.3) is 5.91 Å². The van der Waals surface area contributed by atoms with Gasteiger partial charge in [-0.1, -0.05) is 15.9 Å². The zero-order valence-electron chi connectivity index (χ0n) is 9.83. The van der Waals surface area contributed by atoms with Crippen molar-refractivity contribution in [3.8, 4) is 0 Å². The fraction of sp³-hybridized carbons (Fsp3) is 0.462. The number of rotatable bonds is 2. The van der Waals surface area contributed by atoms with E-state index in [-0.39, 0.29) is 17.8 Å². The van der Waals surface area contributed by atoms with Crippen LogP contribution in [-0.4, -0.2) is 28.7 Å². The lowest BCUT2D eigenvalue weighted by Crippen LogP contribution is -2.44. The highest BCUT2D eigenvalue weighted by Crippen LogP contribution is 2.23. The minimum Gasteiger partial charge on any atom is -0.335 e. The maximum Gasteiger partial charge on any atom is 0.254 e. The Bertz CT molecular complexity index is 453. The first-order chi connectivity index (χ1) is 8.63. The first-order valence-electron chi connectivity index (χ1n) is 5.95. The molecule has 1 amide bonds. The summed E-state index contributed by atoms with van der Waals surface area (Å²) < 4.78 is 13.5. The molecule has 1 aliphatic rings. The Kier molecular flexibility index (Phi) is 4.78. The average molecular weight is 379 g/mol. The van der Waals surface area contributed by atoms with Crippen LogP contribution in [0.3, 0.4) is 0 Å². The molecular weight excluding hydrogens is 365 g/mol. The van der Waals surface area contributed by atoms with Crippen LogP contribution in [0.15, 0.2) is 22.7 Å². The molecule has 1 heterocycles. The van der Waals surface area contributed by atoms with Crippen LogP contribution in [0.1, 0.15) is 29.6 Å². The summed E-state index contributed by atoms with van der Waals surface area (Å²) in [6.45, 7) is 0.782. The molecule has 2 rings (SSSR count). The zero-order chi connectivity index (χ0) is 13.1. The Balaban J connectivity index is 2.21. The molecule has 98 valence electrons. The van der Waals surface area contributed by atoms with Crippen LogP contribution in [0, 0.1) is 5.82 Å². The van der Waals surface area contributed by atoms with Crippen molar-refractivity contribution in [2.75, 3.05) is 11.9 Å². The second kappa shape index (κ2) is 6.15. The van der Waals surface area contributed by atoms with E-state index in [0.29, 0.717) is 10.0 Å². The fourth-order valence-corrected chi connectivity index (χ4v) is 3.28. The van der Waals surface area contributed by atoms with Gasteiger partial charge < -0.3 is 4.90 Å². The van der Waals surface area contributed by atoms with E-state index >= 15 is 0 Å². The molecule has 0 aromatic heterocycles. The van der Waals surface area contributed by atoms with Crippen molar-refractivity contribution in [1.29, 1.82) is 0 Å². The van der Waals surface area contributed by atoms with Gasteiger partial charge in [0.2, 0.25) is 0 Å². The third kappa shape index (κ3) is 2.94. The van der Waals surface area contributed by atoms with Crippen LogP contribution in [0.5, 0.6) is 0 Å². The van der Waals surface area contributed by atoms with E-state index in [0.717, 1.165) is 31.1 Å². The summed E-state index contributed by atoms with van der Waals surface area (Å²) >= 11 is 6.57. The number of hydrogen-bond acceptors (Lipinski definition) is 1. The number of likely N-dealkylation sites (tertiary alicyclic amines) is 1. The first kappa shape index (κ1) is 14.0. The molecule has 1 saturated heterocycles. The molecule has 1 aliphatic heterocycles. The Morgan fingerprint density at radius 2 is 2.22 bits per heavy atom. The summed E-state index contributed by atoms with van der Waals surface area (Å²) in [5.74, 6) is -0.359. The van der Waals surface area contributed by atoms with E-state index in [2.05, 4.69) is 31.9 Å². The van der Waals surface area contributed by atoms with Crippen LogP contribution < -0.4 is 0 Å². The number of hydrogen-bond donors (Lipinski definition) is 0. The fourth-order valence-electron chi connectivity index (χ4n) is 2.22. The SMILES string of the molecule is O=C(c1ccc(F)c(Br)c1)N1CCCCC1CBr. The first-order valence-corrected chi connectivity index (χ1v) is 7.87. The predicted octanol–water partition coefficient (Wildman–Crippen LogP) is 3.98. The molecule has 0 saturated carbocycles. The lowest BCUT2D eigenvalue weighted by molar-refractivity contribution is 0.0642. The molecule has 0 spiro atoms. The molecule has 1 unspecified atom stereocenters. The number of halogens is 3. The van der Waals surface area contributed by atoms with E-state index < -0.39 is 0 Å². The van der Waals surface area contributed by atoms with Crippen molar-refractivity contribution in [2.24, 2.45) is 0 Å². The van der Waals surface area contributed by atoms with Gasteiger partial charge >= 0.3 is 0 Å². The summed E-state index contributed by atoms with van der Waals surface area (Å²) in [4.78, 5) is 14.3. The molecule has 1 aromatic rings. The van der Waals surface area contributed by atoms with Crippen molar-refractivity contribution in [1.82, 2.24) is 4.90 Å². The van der Waals surface area contributed by atoms with Gasteiger partial charge in [-0.2, -0.15) is 0 Å². The Hall–Kier alpha value is -0.420. The minimum atomic E-state index is -0.345. The summed E-state index contributed by atoms with van der Waals surface area (Å²) in [6, 6.07) is 4.67. The van der Waals surface area contributed by atoms with Crippen LogP contribution in [0.25, 0.3) is 0 Å². The normalized spacial score (nSPS) is 19.9. The van der Waals surface area contributed by atoms with Crippen LogP contribution in [-0.2, 0) is 0 Å². The largest absolute Gasteiger partial charge is 0.335 e. The molecular formula is C13H14Br2FNO. The average Bonchev–Trinajstić information content (AvgIpc) is 2.41. The highest BCUT2D eigenvalue weighted by Gasteiger charge is 2.26. The monoisotopic (exact) mass is 377 g/mol. The summed E-state index contributed by atoms with van der Waals surface area (Å²) in [5.41, 5.74) is 0.538. The standard InChI is InChI=1S/C13H14Br2FNO/c14-8-10-3-1-2-6-17(10)13(18)9-4-5-12(16)11(15)7-9/h4-5,7,10H,1-3,6,8H2. The van der Waals surface area contributed by atoms with Crippen molar-refractivity contribution in [2.45, 2.75) is 25.3 Å². The Morgan fingerprint density at radius 3 is 2.89 bits per heavy atom. The van der Waals surface area contributed by atoms with E-state index in [9.17, 15) is 9.18 Å². The molecule has 18 heavy (non-hydrogen) atoms. The topological polar surface area (TPSA) is 20.3 Å². The second-order valence-corrected chi connectivity index (χ2v) is 5.93. The van der Waals surface area contributed by atoms with Crippen molar-refractivity contribution >= 4 is 37.8 Å². The zero-order valence-corrected chi connectivity index (χ0v) is 13.0. The number of alkyl halides is 1. The molecule has 1 atom stereocenters. The molecule has 5 heteroatoms. The maximum atomic E-state index is 13.2. The van der Waals surface area contributed by atoms with Gasteiger partial charge in [-0.3, -0.25) is 4.79 Å². The van der Waals surface area contributed by atoms with Crippen LogP contribution in [0.2, 0.25) is 0 Å². The Labute approximate surface area is 123 Å². The molecule has 0 N–H and O–H groups in total. The summed E-state index contributed by atoms with van der Waals surface area (Å²) in [5, 5.41) is 0.793. The number of amides is 1. The van der Waals surface area contributed by atoms with E-state index in [1.54, 1.807) is 12.1 Å². The molecule has 0 bridgehead atoms. The van der Waals surface area contributed by atoms with E-state index in [1.807, 2.05) is 4.90 Å². The third-order valence-electron chi connectivity index (χ3n) is 3.23. The molecule has 0 radical (unpaired) electrons. The van der Waals surface area contributed by atoms with Gasteiger partial charge in [0.15, 0.2) is 0 Å². The van der Waals surface area contributed by atoms with E-state index in [4.69, 9.17) is 0 Å². The Morgan fingerprint density at radius 1 is 1.44 bits per heavy atom. The van der Waals surface area contributed by atoms with Gasteiger partial charge in [0.1, 0.15) is 5.82 Å². The number of carbonyl (C=O) groups is 1. The smallest absolute Gasteiger partial charge is 0.254 e. The summed E-state index contributed by atoms with van der Waals surface area (Å²) in [7, 11) is 0. The molecule has 2 nitrogen and oxygen atoms in total. The number of carbonyl (C=O) groups excluding carboxylic acids is 1. The predicted molar refractivity (Wildman–Crippen MR) is 76.6 cm³/mol. The number of benzene rings is 1. The van der Waals surface area contributed by atoms with Crippen LogP contribution in [0.4, 0.5) is 4.39 Å². The highest BCUT2D eigenvalue weighted by molar-refractivity contribution is 9.10. The summed E-state index contributed by atoms with van der Waals surface area (Å²) in [6.07, 6.45) is 3.23. The van der Waals surface area contributed by atoms with Gasteiger partial charge in [0, 0.05) is 23.5 Å². The molecule has 1 aromatic carbocycles. The van der Waals surface area contributed by atoms with Gasteiger partial charge in [-0.25, -0.2) is 4.39 Å². The lowest BCUT2D eigenvalue weighted by atomic mass is 10.0. The van der Waals surface area contributed by atoms with Crippen molar-refractivity contribution < 1.29 is 9.18 Å². The van der Waals surface area contributed by atoms with Gasteiger partial charge in [-0.15, -0.1) is 0 Å². The van der Waals surface area contributed by atoms with E-state index in [1.165, 1.54) is 6.07 Å².